The number of hydrogen-bond donors (Lipinski definition) is 1. The molecule has 0 radical (unpaired) electrons. The number of rotatable bonds is 2. The van der Waals surface area contributed by atoms with Crippen LogP contribution in [-0.2, 0) is 0 Å². The van der Waals surface area contributed by atoms with E-state index in [0.717, 1.165) is 5.69 Å². The third-order valence-electron chi connectivity index (χ3n) is 4.93. The van der Waals surface area contributed by atoms with Gasteiger partial charge in [0.2, 0.25) is 0 Å². The van der Waals surface area contributed by atoms with Gasteiger partial charge < -0.3 is 0 Å². The highest BCUT2D eigenvalue weighted by Gasteiger charge is 2.36. The van der Waals surface area contributed by atoms with Gasteiger partial charge in [0.15, 0.2) is 0 Å². The standard InChI is InChI=1S/C20H21N3S/c1-12-4-8-15(9-5-12)17-14(3)18-20(24-23-22-18)19(21-17)16-10-6-13(2)7-11-16/h4-11,14,17,19,21H,1-3H3. The molecule has 1 aliphatic rings. The summed E-state index contributed by atoms with van der Waals surface area (Å²) in [5, 5.41) is 8.30. The molecule has 4 heteroatoms. The number of aromatic nitrogens is 2. The largest absolute Gasteiger partial charge is 0.298 e. The summed E-state index contributed by atoms with van der Waals surface area (Å²) in [6.45, 7) is 6.48. The van der Waals surface area contributed by atoms with Crippen LogP contribution in [0.25, 0.3) is 0 Å². The van der Waals surface area contributed by atoms with Crippen molar-refractivity contribution in [1.82, 2.24) is 14.9 Å². The molecule has 0 fully saturated rings. The van der Waals surface area contributed by atoms with E-state index in [-0.39, 0.29) is 12.1 Å². The Morgan fingerprint density at radius 1 is 0.875 bits per heavy atom. The molecule has 4 rings (SSSR count). The van der Waals surface area contributed by atoms with Crippen LogP contribution in [0.4, 0.5) is 0 Å². The molecule has 0 saturated carbocycles. The molecule has 24 heavy (non-hydrogen) atoms. The van der Waals surface area contributed by atoms with Crippen molar-refractivity contribution in [2.75, 3.05) is 0 Å². The fourth-order valence-electron chi connectivity index (χ4n) is 3.44. The van der Waals surface area contributed by atoms with Crippen LogP contribution < -0.4 is 5.32 Å². The normalized spacial score (nSPS) is 23.0. The molecule has 1 N–H and O–H groups in total. The molecular formula is C20H21N3S. The average molecular weight is 335 g/mol. The second kappa shape index (κ2) is 6.11. The maximum absolute atomic E-state index is 4.45. The predicted octanol–water partition coefficient (Wildman–Crippen LogP) is 4.69. The van der Waals surface area contributed by atoms with Crippen LogP contribution in [-0.4, -0.2) is 9.59 Å². The fourth-order valence-corrected chi connectivity index (χ4v) is 4.29. The molecule has 0 bridgehead atoms. The van der Waals surface area contributed by atoms with Crippen molar-refractivity contribution in [2.45, 2.75) is 38.8 Å². The first kappa shape index (κ1) is 15.5. The van der Waals surface area contributed by atoms with Gasteiger partial charge in [0.25, 0.3) is 0 Å². The Morgan fingerprint density at radius 2 is 1.46 bits per heavy atom. The van der Waals surface area contributed by atoms with Crippen LogP contribution in [0.2, 0.25) is 0 Å². The Hall–Kier alpha value is -2.04. The van der Waals surface area contributed by atoms with Crippen LogP contribution >= 0.6 is 11.5 Å². The zero-order valence-corrected chi connectivity index (χ0v) is 15.0. The molecule has 1 aliphatic heterocycles. The van der Waals surface area contributed by atoms with E-state index >= 15 is 0 Å². The van der Waals surface area contributed by atoms with E-state index in [1.54, 1.807) is 0 Å². The van der Waals surface area contributed by atoms with Crippen LogP contribution in [0.5, 0.6) is 0 Å². The minimum Gasteiger partial charge on any atom is -0.298 e. The Kier molecular flexibility index (Phi) is 3.94. The monoisotopic (exact) mass is 335 g/mol. The fraction of sp³-hybridized carbons (Fsp3) is 0.300. The van der Waals surface area contributed by atoms with Gasteiger partial charge in [-0.05, 0) is 36.5 Å². The number of aryl methyl sites for hydroxylation is 2. The Labute approximate surface area is 146 Å². The predicted molar refractivity (Wildman–Crippen MR) is 98.4 cm³/mol. The molecule has 3 atom stereocenters. The SMILES string of the molecule is Cc1ccc(C2NC(c3ccc(C)cc3)C(C)c3nnsc32)cc1. The van der Waals surface area contributed by atoms with E-state index in [9.17, 15) is 0 Å². The minimum atomic E-state index is 0.156. The molecule has 0 spiro atoms. The third-order valence-corrected chi connectivity index (χ3v) is 5.73. The van der Waals surface area contributed by atoms with Gasteiger partial charge in [0, 0.05) is 12.0 Å². The van der Waals surface area contributed by atoms with Gasteiger partial charge in [-0.25, -0.2) is 0 Å². The number of fused-ring (bicyclic) bond motifs is 1. The lowest BCUT2D eigenvalue weighted by atomic mass is 9.84. The molecule has 0 aliphatic carbocycles. The summed E-state index contributed by atoms with van der Waals surface area (Å²) in [7, 11) is 0. The lowest BCUT2D eigenvalue weighted by molar-refractivity contribution is 0.396. The number of benzene rings is 2. The minimum absolute atomic E-state index is 0.156. The Bertz CT molecular complexity index is 836. The van der Waals surface area contributed by atoms with Crippen molar-refractivity contribution in [3.8, 4) is 0 Å². The van der Waals surface area contributed by atoms with Gasteiger partial charge in [-0.3, -0.25) is 5.32 Å². The summed E-state index contributed by atoms with van der Waals surface area (Å²) in [6.07, 6.45) is 0. The van der Waals surface area contributed by atoms with E-state index in [1.807, 2.05) is 0 Å². The van der Waals surface area contributed by atoms with Crippen LogP contribution in [0.1, 0.15) is 57.8 Å². The highest BCUT2D eigenvalue weighted by atomic mass is 32.1. The molecule has 122 valence electrons. The van der Waals surface area contributed by atoms with Gasteiger partial charge in [-0.2, -0.15) is 0 Å². The van der Waals surface area contributed by atoms with Crippen LogP contribution in [0.3, 0.4) is 0 Å². The van der Waals surface area contributed by atoms with Crippen LogP contribution in [0, 0.1) is 13.8 Å². The highest BCUT2D eigenvalue weighted by Crippen LogP contribution is 2.43. The highest BCUT2D eigenvalue weighted by molar-refractivity contribution is 7.05. The van der Waals surface area contributed by atoms with Gasteiger partial charge >= 0.3 is 0 Å². The van der Waals surface area contributed by atoms with E-state index in [2.05, 4.69) is 84.2 Å². The van der Waals surface area contributed by atoms with E-state index in [1.165, 1.54) is 38.7 Å². The van der Waals surface area contributed by atoms with Gasteiger partial charge in [0.05, 0.1) is 16.6 Å². The summed E-state index contributed by atoms with van der Waals surface area (Å²) in [5.41, 5.74) is 6.28. The first-order valence-electron chi connectivity index (χ1n) is 8.35. The van der Waals surface area contributed by atoms with Crippen molar-refractivity contribution in [1.29, 1.82) is 0 Å². The second-order valence-electron chi connectivity index (χ2n) is 6.71. The Balaban J connectivity index is 1.76. The van der Waals surface area contributed by atoms with Gasteiger partial charge in [0.1, 0.15) is 0 Å². The lowest BCUT2D eigenvalue weighted by Crippen LogP contribution is -2.35. The van der Waals surface area contributed by atoms with Crippen molar-refractivity contribution < 1.29 is 0 Å². The molecule has 2 heterocycles. The molecule has 2 aromatic carbocycles. The molecule has 1 aromatic heterocycles. The molecule has 3 unspecified atom stereocenters. The smallest absolute Gasteiger partial charge is 0.0854 e. The summed E-state index contributed by atoms with van der Waals surface area (Å²) in [5.74, 6) is 0.308. The maximum Gasteiger partial charge on any atom is 0.0854 e. The first-order valence-corrected chi connectivity index (χ1v) is 9.12. The molecule has 3 nitrogen and oxygen atoms in total. The quantitative estimate of drug-likeness (QED) is 0.738. The summed E-state index contributed by atoms with van der Waals surface area (Å²) < 4.78 is 4.24. The van der Waals surface area contributed by atoms with Crippen molar-refractivity contribution in [3.05, 3.63) is 81.4 Å². The zero-order chi connectivity index (χ0) is 16.7. The molecule has 0 amide bonds. The number of hydrogen-bond acceptors (Lipinski definition) is 4. The average Bonchev–Trinajstić information content (AvgIpc) is 3.08. The lowest BCUT2D eigenvalue weighted by Gasteiger charge is -2.35. The number of nitrogens with zero attached hydrogens (tertiary/aromatic N) is 2. The summed E-state index contributed by atoms with van der Waals surface area (Å²) in [4.78, 5) is 1.25. The maximum atomic E-state index is 4.45. The van der Waals surface area contributed by atoms with Gasteiger partial charge in [-0.1, -0.05) is 71.1 Å². The van der Waals surface area contributed by atoms with Crippen molar-refractivity contribution in [2.24, 2.45) is 0 Å². The van der Waals surface area contributed by atoms with E-state index in [0.29, 0.717) is 5.92 Å². The first-order chi connectivity index (χ1) is 11.6. The van der Waals surface area contributed by atoms with E-state index < -0.39 is 0 Å². The zero-order valence-electron chi connectivity index (χ0n) is 14.2. The van der Waals surface area contributed by atoms with Crippen molar-refractivity contribution in [3.63, 3.8) is 0 Å². The second-order valence-corrected chi connectivity index (χ2v) is 7.50. The summed E-state index contributed by atoms with van der Waals surface area (Å²) in [6, 6.07) is 18.0. The van der Waals surface area contributed by atoms with Crippen molar-refractivity contribution >= 4 is 11.5 Å². The van der Waals surface area contributed by atoms with Crippen LogP contribution in [0.15, 0.2) is 48.5 Å². The molecule has 3 aromatic rings. The third kappa shape index (κ3) is 2.66. The van der Waals surface area contributed by atoms with E-state index in [4.69, 9.17) is 0 Å². The van der Waals surface area contributed by atoms with Gasteiger partial charge in [-0.15, -0.1) is 5.10 Å². The summed E-state index contributed by atoms with van der Waals surface area (Å²) >= 11 is 1.51. The topological polar surface area (TPSA) is 37.8 Å². The molecule has 0 saturated heterocycles. The number of nitrogens with one attached hydrogen (secondary N) is 1. The molecular weight excluding hydrogens is 314 g/mol. The Morgan fingerprint density at radius 3 is 2.08 bits per heavy atom.